The van der Waals surface area contributed by atoms with Crippen LogP contribution < -0.4 is 15.4 Å². The van der Waals surface area contributed by atoms with Gasteiger partial charge in [-0.15, -0.1) is 0 Å². The highest BCUT2D eigenvalue weighted by Crippen LogP contribution is 2.22. The molecule has 0 bridgehead atoms. The Labute approximate surface area is 114 Å². The quantitative estimate of drug-likeness (QED) is 0.873. The highest BCUT2D eigenvalue weighted by molar-refractivity contribution is 5.89. The van der Waals surface area contributed by atoms with Crippen molar-refractivity contribution < 1.29 is 9.53 Å². The van der Waals surface area contributed by atoms with E-state index in [2.05, 4.69) is 10.6 Å². The molecule has 0 aromatic heterocycles. The lowest BCUT2D eigenvalue weighted by atomic mass is 10.2. The fourth-order valence-corrected chi connectivity index (χ4v) is 2.47. The van der Waals surface area contributed by atoms with Crippen LogP contribution in [-0.2, 0) is 0 Å². The van der Waals surface area contributed by atoms with Gasteiger partial charge < -0.3 is 15.4 Å². The molecule has 0 saturated heterocycles. The van der Waals surface area contributed by atoms with Gasteiger partial charge in [0.05, 0.1) is 6.61 Å². The molecule has 2 rings (SSSR count). The van der Waals surface area contributed by atoms with Gasteiger partial charge in [-0.2, -0.15) is 0 Å². The molecule has 19 heavy (non-hydrogen) atoms. The Bertz CT molecular complexity index is 440. The average Bonchev–Trinajstić information content (AvgIpc) is 2.85. The van der Waals surface area contributed by atoms with E-state index in [1.54, 1.807) is 0 Å². The maximum Gasteiger partial charge on any atom is 0.319 e. The van der Waals surface area contributed by atoms with Crippen LogP contribution in [0.5, 0.6) is 5.75 Å². The number of urea groups is 1. The molecule has 2 amide bonds. The summed E-state index contributed by atoms with van der Waals surface area (Å²) in [6.07, 6.45) is 4.62. The number of carbonyl (C=O) groups excluding carboxylic acids is 1. The van der Waals surface area contributed by atoms with Crippen molar-refractivity contribution >= 4 is 11.7 Å². The SMILES string of the molecule is CCOc1ccc(NC(=O)NC2CCCC2)cc1C. The van der Waals surface area contributed by atoms with Crippen LogP contribution in [0, 0.1) is 6.92 Å². The van der Waals surface area contributed by atoms with Gasteiger partial charge in [0.1, 0.15) is 5.75 Å². The number of carbonyl (C=O) groups is 1. The minimum absolute atomic E-state index is 0.115. The Morgan fingerprint density at radius 2 is 2.11 bits per heavy atom. The maximum atomic E-state index is 11.8. The van der Waals surface area contributed by atoms with Crippen molar-refractivity contribution in [2.75, 3.05) is 11.9 Å². The number of benzene rings is 1. The summed E-state index contributed by atoms with van der Waals surface area (Å²) in [5.41, 5.74) is 1.83. The van der Waals surface area contributed by atoms with Crippen LogP contribution >= 0.6 is 0 Å². The highest BCUT2D eigenvalue weighted by atomic mass is 16.5. The van der Waals surface area contributed by atoms with E-state index in [0.29, 0.717) is 12.6 Å². The molecule has 1 aliphatic carbocycles. The first-order chi connectivity index (χ1) is 9.19. The zero-order valence-electron chi connectivity index (χ0n) is 11.7. The normalized spacial score (nSPS) is 15.3. The smallest absolute Gasteiger partial charge is 0.319 e. The van der Waals surface area contributed by atoms with Gasteiger partial charge in [0.2, 0.25) is 0 Å². The van der Waals surface area contributed by atoms with Crippen LogP contribution in [0.1, 0.15) is 38.2 Å². The van der Waals surface area contributed by atoms with Crippen molar-refractivity contribution in [2.45, 2.75) is 45.6 Å². The summed E-state index contributed by atoms with van der Waals surface area (Å²) in [6, 6.07) is 5.91. The molecule has 0 atom stereocenters. The second kappa shape index (κ2) is 6.45. The van der Waals surface area contributed by atoms with E-state index in [0.717, 1.165) is 29.8 Å². The lowest BCUT2D eigenvalue weighted by Crippen LogP contribution is -2.36. The Kier molecular flexibility index (Phi) is 4.66. The predicted octanol–water partition coefficient (Wildman–Crippen LogP) is 3.46. The first-order valence-corrected chi connectivity index (χ1v) is 7.00. The molecule has 1 aromatic carbocycles. The first kappa shape index (κ1) is 13.7. The minimum atomic E-state index is -0.115. The Morgan fingerprint density at radius 3 is 2.74 bits per heavy atom. The van der Waals surface area contributed by atoms with Gasteiger partial charge in [-0.1, -0.05) is 12.8 Å². The molecule has 104 valence electrons. The summed E-state index contributed by atoms with van der Waals surface area (Å²) in [5.74, 6) is 0.865. The number of hydrogen-bond donors (Lipinski definition) is 2. The van der Waals surface area contributed by atoms with Gasteiger partial charge in [0.15, 0.2) is 0 Å². The fourth-order valence-electron chi connectivity index (χ4n) is 2.47. The van der Waals surface area contributed by atoms with E-state index in [9.17, 15) is 4.79 Å². The number of ether oxygens (including phenoxy) is 1. The van der Waals surface area contributed by atoms with Gasteiger partial charge in [-0.25, -0.2) is 4.79 Å². The number of rotatable bonds is 4. The maximum absolute atomic E-state index is 11.8. The van der Waals surface area contributed by atoms with E-state index in [1.807, 2.05) is 32.0 Å². The summed E-state index contributed by atoms with van der Waals surface area (Å²) in [5, 5.41) is 5.88. The first-order valence-electron chi connectivity index (χ1n) is 7.00. The van der Waals surface area contributed by atoms with Crippen molar-refractivity contribution in [3.63, 3.8) is 0 Å². The average molecular weight is 262 g/mol. The van der Waals surface area contributed by atoms with E-state index in [1.165, 1.54) is 12.8 Å². The number of aryl methyl sites for hydroxylation is 1. The van der Waals surface area contributed by atoms with E-state index >= 15 is 0 Å². The number of hydrogen-bond acceptors (Lipinski definition) is 2. The van der Waals surface area contributed by atoms with Crippen molar-refractivity contribution in [1.29, 1.82) is 0 Å². The molecular formula is C15H22N2O2. The number of anilines is 1. The van der Waals surface area contributed by atoms with Crippen molar-refractivity contribution in [1.82, 2.24) is 5.32 Å². The van der Waals surface area contributed by atoms with E-state index in [-0.39, 0.29) is 6.03 Å². The molecule has 1 saturated carbocycles. The van der Waals surface area contributed by atoms with Crippen LogP contribution in [0.2, 0.25) is 0 Å². The third-order valence-electron chi connectivity index (χ3n) is 3.42. The Balaban J connectivity index is 1.91. The van der Waals surface area contributed by atoms with Crippen LogP contribution in [0.4, 0.5) is 10.5 Å². The molecule has 1 fully saturated rings. The molecule has 0 radical (unpaired) electrons. The topological polar surface area (TPSA) is 50.4 Å². The van der Waals surface area contributed by atoms with Crippen LogP contribution in [-0.4, -0.2) is 18.7 Å². The number of amides is 2. The molecule has 0 heterocycles. The lowest BCUT2D eigenvalue weighted by molar-refractivity contribution is 0.248. The van der Waals surface area contributed by atoms with E-state index in [4.69, 9.17) is 4.74 Å². The zero-order chi connectivity index (χ0) is 13.7. The van der Waals surface area contributed by atoms with Gasteiger partial charge in [0, 0.05) is 11.7 Å². The second-order valence-corrected chi connectivity index (χ2v) is 4.99. The third-order valence-corrected chi connectivity index (χ3v) is 3.42. The summed E-state index contributed by atoms with van der Waals surface area (Å²) in [7, 11) is 0. The van der Waals surface area contributed by atoms with Gasteiger partial charge >= 0.3 is 6.03 Å². The van der Waals surface area contributed by atoms with Crippen molar-refractivity contribution in [3.05, 3.63) is 23.8 Å². The summed E-state index contributed by atoms with van der Waals surface area (Å²) in [6.45, 7) is 4.58. The highest BCUT2D eigenvalue weighted by Gasteiger charge is 2.17. The second-order valence-electron chi connectivity index (χ2n) is 4.99. The van der Waals surface area contributed by atoms with Crippen molar-refractivity contribution in [3.8, 4) is 5.75 Å². The standard InChI is InChI=1S/C15H22N2O2/c1-3-19-14-9-8-13(10-11(14)2)17-15(18)16-12-6-4-5-7-12/h8-10,12H,3-7H2,1-2H3,(H2,16,17,18). The largest absolute Gasteiger partial charge is 0.494 e. The minimum Gasteiger partial charge on any atom is -0.494 e. The van der Waals surface area contributed by atoms with Crippen LogP contribution in [0.3, 0.4) is 0 Å². The molecular weight excluding hydrogens is 240 g/mol. The molecule has 1 aliphatic rings. The summed E-state index contributed by atoms with van der Waals surface area (Å²) < 4.78 is 5.48. The lowest BCUT2D eigenvalue weighted by Gasteiger charge is -2.14. The Hall–Kier alpha value is -1.71. The summed E-state index contributed by atoms with van der Waals surface area (Å²) >= 11 is 0. The van der Waals surface area contributed by atoms with Crippen LogP contribution in [0.15, 0.2) is 18.2 Å². The Morgan fingerprint density at radius 1 is 1.37 bits per heavy atom. The van der Waals surface area contributed by atoms with Gasteiger partial charge in [-0.3, -0.25) is 0 Å². The monoisotopic (exact) mass is 262 g/mol. The number of nitrogens with one attached hydrogen (secondary N) is 2. The summed E-state index contributed by atoms with van der Waals surface area (Å²) in [4.78, 5) is 11.8. The molecule has 1 aromatic rings. The molecule has 0 spiro atoms. The zero-order valence-corrected chi connectivity index (χ0v) is 11.7. The molecule has 2 N–H and O–H groups in total. The van der Waals surface area contributed by atoms with Gasteiger partial charge in [-0.05, 0) is 50.5 Å². The molecule has 4 heteroatoms. The fraction of sp³-hybridized carbons (Fsp3) is 0.533. The predicted molar refractivity (Wildman–Crippen MR) is 76.8 cm³/mol. The third kappa shape index (κ3) is 3.88. The molecule has 0 aliphatic heterocycles. The van der Waals surface area contributed by atoms with E-state index < -0.39 is 0 Å². The molecule has 0 unspecified atom stereocenters. The van der Waals surface area contributed by atoms with Crippen LogP contribution in [0.25, 0.3) is 0 Å². The van der Waals surface area contributed by atoms with Crippen molar-refractivity contribution in [2.24, 2.45) is 0 Å². The molecule has 4 nitrogen and oxygen atoms in total. The van der Waals surface area contributed by atoms with Gasteiger partial charge in [0.25, 0.3) is 0 Å².